The molecule has 0 radical (unpaired) electrons. The van der Waals surface area contributed by atoms with Crippen molar-refractivity contribution in [2.45, 2.75) is 20.3 Å². The molecule has 27 heavy (non-hydrogen) atoms. The van der Waals surface area contributed by atoms with Gasteiger partial charge < -0.3 is 4.74 Å². The van der Waals surface area contributed by atoms with Crippen molar-refractivity contribution in [1.82, 2.24) is 14.8 Å². The molecule has 3 rings (SSSR count). The normalized spacial score (nSPS) is 10.6. The number of amides is 1. The fourth-order valence-electron chi connectivity index (χ4n) is 2.46. The maximum atomic E-state index is 12.7. The Bertz CT molecular complexity index is 968. The monoisotopic (exact) mass is 404 g/mol. The summed E-state index contributed by atoms with van der Waals surface area (Å²) in [5, 5.41) is 9.36. The molecule has 140 valence electrons. The van der Waals surface area contributed by atoms with Gasteiger partial charge in [-0.3, -0.25) is 14.9 Å². The zero-order valence-corrected chi connectivity index (χ0v) is 16.3. The summed E-state index contributed by atoms with van der Waals surface area (Å²) in [6, 6.07) is 9.31. The van der Waals surface area contributed by atoms with Gasteiger partial charge in [0.25, 0.3) is 5.91 Å². The molecule has 0 saturated carbocycles. The minimum Gasteiger partial charge on any atom is -0.466 e. The number of benzene rings is 1. The summed E-state index contributed by atoms with van der Waals surface area (Å²) >= 11 is 7.62. The number of hydrogen-bond acceptors (Lipinski definition) is 6. The fourth-order valence-corrected chi connectivity index (χ4v) is 3.53. The summed E-state index contributed by atoms with van der Waals surface area (Å²) in [5.74, 6) is -0.764. The number of para-hydroxylation sites is 1. The summed E-state index contributed by atoms with van der Waals surface area (Å²) in [5.41, 5.74) is 2.08. The maximum absolute atomic E-state index is 12.7. The molecular weight excluding hydrogens is 388 g/mol. The van der Waals surface area contributed by atoms with Crippen LogP contribution in [0.5, 0.6) is 0 Å². The summed E-state index contributed by atoms with van der Waals surface area (Å²) in [4.78, 5) is 28.4. The number of nitrogens with one attached hydrogen (secondary N) is 1. The van der Waals surface area contributed by atoms with Crippen molar-refractivity contribution in [2.75, 3.05) is 11.9 Å². The molecule has 3 aromatic rings. The lowest BCUT2D eigenvalue weighted by atomic mass is 10.2. The second kappa shape index (κ2) is 8.32. The lowest BCUT2D eigenvalue weighted by Gasteiger charge is -2.03. The lowest BCUT2D eigenvalue weighted by Crippen LogP contribution is -2.13. The van der Waals surface area contributed by atoms with Crippen LogP contribution in [0.1, 0.15) is 28.7 Å². The fraction of sp³-hybridized carbons (Fsp3) is 0.222. The molecule has 1 amide bonds. The predicted molar refractivity (Wildman–Crippen MR) is 104 cm³/mol. The average molecular weight is 405 g/mol. The number of esters is 1. The quantitative estimate of drug-likeness (QED) is 0.634. The van der Waals surface area contributed by atoms with E-state index in [0.717, 1.165) is 5.69 Å². The van der Waals surface area contributed by atoms with Crippen molar-refractivity contribution >= 4 is 39.9 Å². The van der Waals surface area contributed by atoms with E-state index in [4.69, 9.17) is 16.3 Å². The third-order valence-electron chi connectivity index (χ3n) is 3.63. The number of ether oxygens (including phenoxy) is 1. The Hall–Kier alpha value is -2.71. The third-order valence-corrected chi connectivity index (χ3v) is 4.79. The molecule has 2 aromatic heterocycles. The first-order valence-electron chi connectivity index (χ1n) is 8.21. The zero-order chi connectivity index (χ0) is 19.4. The minimum absolute atomic E-state index is 0.0614. The Morgan fingerprint density at radius 1 is 1.30 bits per heavy atom. The van der Waals surface area contributed by atoms with Crippen LogP contribution in [0, 0.1) is 6.92 Å². The standard InChI is InChI=1S/C18H17ClN4O3S/c1-3-26-14(24)9-12-10-27-18(20-12)21-17(25)15-11(2)22-23(16(15)19)13-7-5-4-6-8-13/h4-8,10H,3,9H2,1-2H3,(H,20,21,25). The molecule has 0 atom stereocenters. The average Bonchev–Trinajstić information content (AvgIpc) is 3.19. The van der Waals surface area contributed by atoms with Gasteiger partial charge in [-0.1, -0.05) is 29.8 Å². The lowest BCUT2D eigenvalue weighted by molar-refractivity contribution is -0.142. The van der Waals surface area contributed by atoms with Crippen LogP contribution < -0.4 is 5.32 Å². The number of carbonyl (C=O) groups excluding carboxylic acids is 2. The van der Waals surface area contributed by atoms with E-state index < -0.39 is 5.91 Å². The second-order valence-electron chi connectivity index (χ2n) is 5.58. The van der Waals surface area contributed by atoms with Crippen LogP contribution in [-0.4, -0.2) is 33.2 Å². The number of nitrogens with zero attached hydrogens (tertiary/aromatic N) is 3. The predicted octanol–water partition coefficient (Wildman–Crippen LogP) is 3.65. The summed E-state index contributed by atoms with van der Waals surface area (Å²) in [6.07, 6.45) is 0.0614. The molecular formula is C18H17ClN4O3S. The van der Waals surface area contributed by atoms with Crippen molar-refractivity contribution in [3.8, 4) is 5.69 Å². The summed E-state index contributed by atoms with van der Waals surface area (Å²) in [7, 11) is 0. The highest BCUT2D eigenvalue weighted by Gasteiger charge is 2.22. The van der Waals surface area contributed by atoms with Crippen molar-refractivity contribution < 1.29 is 14.3 Å². The first kappa shape index (κ1) is 19.1. The van der Waals surface area contributed by atoms with E-state index in [1.54, 1.807) is 19.2 Å². The van der Waals surface area contributed by atoms with E-state index in [1.165, 1.54) is 16.0 Å². The minimum atomic E-state index is -0.406. The molecule has 7 nitrogen and oxygen atoms in total. The van der Waals surface area contributed by atoms with E-state index in [2.05, 4.69) is 15.4 Å². The molecule has 0 unspecified atom stereocenters. The molecule has 0 saturated heterocycles. The molecule has 0 aliphatic heterocycles. The number of rotatable bonds is 6. The van der Waals surface area contributed by atoms with Crippen LogP contribution in [0.2, 0.25) is 5.15 Å². The molecule has 1 aromatic carbocycles. The van der Waals surface area contributed by atoms with Crippen molar-refractivity contribution in [3.63, 3.8) is 0 Å². The number of anilines is 1. The Labute approximate surface area is 164 Å². The molecule has 0 aliphatic carbocycles. The molecule has 0 aliphatic rings. The first-order valence-corrected chi connectivity index (χ1v) is 9.47. The molecule has 0 fully saturated rings. The summed E-state index contributed by atoms with van der Waals surface area (Å²) in [6.45, 7) is 3.77. The van der Waals surface area contributed by atoms with Gasteiger partial charge >= 0.3 is 5.97 Å². The van der Waals surface area contributed by atoms with Crippen LogP contribution in [0.25, 0.3) is 5.69 Å². The smallest absolute Gasteiger partial charge is 0.311 e. The number of thiazole rings is 1. The first-order chi connectivity index (χ1) is 13.0. The van der Waals surface area contributed by atoms with Crippen molar-refractivity contribution in [2.24, 2.45) is 0 Å². The van der Waals surface area contributed by atoms with E-state index in [-0.39, 0.29) is 23.1 Å². The molecule has 0 bridgehead atoms. The van der Waals surface area contributed by atoms with Gasteiger partial charge in [0.05, 0.1) is 30.1 Å². The number of aromatic nitrogens is 3. The largest absolute Gasteiger partial charge is 0.466 e. The molecule has 1 N–H and O–H groups in total. The third kappa shape index (κ3) is 4.35. The van der Waals surface area contributed by atoms with Gasteiger partial charge in [0.1, 0.15) is 10.7 Å². The molecule has 2 heterocycles. The van der Waals surface area contributed by atoms with Gasteiger partial charge in [-0.15, -0.1) is 11.3 Å². The highest BCUT2D eigenvalue weighted by molar-refractivity contribution is 7.14. The van der Waals surface area contributed by atoms with E-state index in [1.807, 2.05) is 30.3 Å². The Balaban J connectivity index is 1.77. The Morgan fingerprint density at radius 2 is 2.04 bits per heavy atom. The van der Waals surface area contributed by atoms with Crippen LogP contribution >= 0.6 is 22.9 Å². The number of hydrogen-bond donors (Lipinski definition) is 1. The van der Waals surface area contributed by atoms with Gasteiger partial charge in [0, 0.05) is 5.38 Å². The van der Waals surface area contributed by atoms with Gasteiger partial charge in [-0.05, 0) is 26.0 Å². The number of carbonyl (C=O) groups is 2. The van der Waals surface area contributed by atoms with Crippen LogP contribution in [-0.2, 0) is 16.0 Å². The van der Waals surface area contributed by atoms with Crippen LogP contribution in [0.15, 0.2) is 35.7 Å². The number of aryl methyl sites for hydroxylation is 1. The Kier molecular flexibility index (Phi) is 5.88. The molecule has 0 spiro atoms. The van der Waals surface area contributed by atoms with Crippen molar-refractivity contribution in [1.29, 1.82) is 0 Å². The van der Waals surface area contributed by atoms with Gasteiger partial charge in [-0.2, -0.15) is 5.10 Å². The second-order valence-corrected chi connectivity index (χ2v) is 6.79. The zero-order valence-electron chi connectivity index (χ0n) is 14.7. The van der Waals surface area contributed by atoms with E-state index in [0.29, 0.717) is 23.1 Å². The molecule has 9 heteroatoms. The van der Waals surface area contributed by atoms with E-state index >= 15 is 0 Å². The highest BCUT2D eigenvalue weighted by Crippen LogP contribution is 2.25. The van der Waals surface area contributed by atoms with E-state index in [9.17, 15) is 9.59 Å². The SMILES string of the molecule is CCOC(=O)Cc1csc(NC(=O)c2c(C)nn(-c3ccccc3)c2Cl)n1. The summed E-state index contributed by atoms with van der Waals surface area (Å²) < 4.78 is 6.41. The van der Waals surface area contributed by atoms with Gasteiger partial charge in [0.2, 0.25) is 0 Å². The van der Waals surface area contributed by atoms with Gasteiger partial charge in [0.15, 0.2) is 5.13 Å². The Morgan fingerprint density at radius 3 is 2.74 bits per heavy atom. The maximum Gasteiger partial charge on any atom is 0.311 e. The van der Waals surface area contributed by atoms with Crippen LogP contribution in [0.3, 0.4) is 0 Å². The highest BCUT2D eigenvalue weighted by atomic mass is 35.5. The van der Waals surface area contributed by atoms with Crippen molar-refractivity contribution in [3.05, 3.63) is 57.8 Å². The van der Waals surface area contributed by atoms with Gasteiger partial charge in [-0.25, -0.2) is 9.67 Å². The topological polar surface area (TPSA) is 86.1 Å². The number of halogens is 1. The van der Waals surface area contributed by atoms with Crippen LogP contribution in [0.4, 0.5) is 5.13 Å².